The maximum absolute atomic E-state index is 13.1. The molecule has 0 saturated carbocycles. The van der Waals surface area contributed by atoms with Crippen molar-refractivity contribution in [1.82, 2.24) is 4.72 Å². The zero-order valence-corrected chi connectivity index (χ0v) is 14.9. The smallest absolute Gasteiger partial charge is 0.244 e. The minimum atomic E-state index is -3.95. The summed E-state index contributed by atoms with van der Waals surface area (Å²) in [6.45, 7) is 3.13. The van der Waals surface area contributed by atoms with Crippen LogP contribution in [0.25, 0.3) is 0 Å². The molecule has 134 valence electrons. The normalized spacial score (nSPS) is 11.2. The van der Waals surface area contributed by atoms with Gasteiger partial charge in [-0.05, 0) is 55.3 Å². The lowest BCUT2D eigenvalue weighted by molar-refractivity contribution is -0.115. The summed E-state index contributed by atoms with van der Waals surface area (Å²) in [6.07, 6.45) is 0. The van der Waals surface area contributed by atoms with Crippen molar-refractivity contribution in [2.24, 2.45) is 0 Å². The van der Waals surface area contributed by atoms with Crippen molar-refractivity contribution in [3.8, 4) is 5.75 Å². The van der Waals surface area contributed by atoms with E-state index in [2.05, 4.69) is 10.0 Å². The van der Waals surface area contributed by atoms with Crippen molar-refractivity contribution in [2.45, 2.75) is 18.7 Å². The molecular formula is C17H19FN2O4S. The van der Waals surface area contributed by atoms with Crippen LogP contribution in [0.15, 0.2) is 41.3 Å². The summed E-state index contributed by atoms with van der Waals surface area (Å²) in [5.41, 5.74) is 1.91. The van der Waals surface area contributed by atoms with Crippen LogP contribution in [0, 0.1) is 19.7 Å². The van der Waals surface area contributed by atoms with E-state index in [4.69, 9.17) is 4.74 Å². The number of halogens is 1. The van der Waals surface area contributed by atoms with E-state index in [9.17, 15) is 17.6 Å². The van der Waals surface area contributed by atoms with Gasteiger partial charge in [-0.3, -0.25) is 4.79 Å². The molecule has 8 heteroatoms. The Labute approximate surface area is 146 Å². The number of carbonyl (C=O) groups is 1. The van der Waals surface area contributed by atoms with E-state index in [1.165, 1.54) is 31.4 Å². The molecule has 0 saturated heterocycles. The molecule has 0 atom stereocenters. The average Bonchev–Trinajstić information content (AvgIpc) is 2.55. The van der Waals surface area contributed by atoms with Gasteiger partial charge in [0.25, 0.3) is 0 Å². The van der Waals surface area contributed by atoms with E-state index in [-0.39, 0.29) is 16.3 Å². The van der Waals surface area contributed by atoms with Gasteiger partial charge in [-0.25, -0.2) is 17.5 Å². The molecule has 6 nitrogen and oxygen atoms in total. The lowest BCUT2D eigenvalue weighted by atomic mass is 10.1. The number of nitrogens with one attached hydrogen (secondary N) is 2. The molecule has 0 aliphatic heterocycles. The highest BCUT2D eigenvalue weighted by molar-refractivity contribution is 7.89. The van der Waals surface area contributed by atoms with Crippen molar-refractivity contribution < 1.29 is 22.3 Å². The summed E-state index contributed by atoms with van der Waals surface area (Å²) in [7, 11) is -2.57. The highest BCUT2D eigenvalue weighted by Gasteiger charge is 2.21. The van der Waals surface area contributed by atoms with Crippen molar-refractivity contribution in [2.75, 3.05) is 19.0 Å². The molecular weight excluding hydrogens is 347 g/mol. The second kappa shape index (κ2) is 7.62. The molecule has 0 fully saturated rings. The average molecular weight is 366 g/mol. The number of ether oxygens (including phenoxy) is 1. The summed E-state index contributed by atoms with van der Waals surface area (Å²) in [4.78, 5) is 11.8. The first-order chi connectivity index (χ1) is 11.7. The Balaban J connectivity index is 2.11. The Morgan fingerprint density at radius 3 is 2.48 bits per heavy atom. The molecule has 0 bridgehead atoms. The number of amides is 1. The third-order valence-electron chi connectivity index (χ3n) is 3.60. The second-order valence-corrected chi connectivity index (χ2v) is 7.21. The highest BCUT2D eigenvalue weighted by Crippen LogP contribution is 2.27. The highest BCUT2D eigenvalue weighted by atomic mass is 32.2. The van der Waals surface area contributed by atoms with E-state index >= 15 is 0 Å². The first-order valence-corrected chi connectivity index (χ1v) is 8.91. The van der Waals surface area contributed by atoms with Crippen LogP contribution in [0.3, 0.4) is 0 Å². The molecule has 2 aromatic carbocycles. The zero-order valence-electron chi connectivity index (χ0n) is 14.1. The first kappa shape index (κ1) is 18.9. The van der Waals surface area contributed by atoms with Gasteiger partial charge in [0.2, 0.25) is 15.9 Å². The monoisotopic (exact) mass is 366 g/mol. The molecule has 0 heterocycles. The number of hydrogen-bond donors (Lipinski definition) is 2. The minimum absolute atomic E-state index is 0.0448. The lowest BCUT2D eigenvalue weighted by Gasteiger charge is -2.13. The lowest BCUT2D eigenvalue weighted by Crippen LogP contribution is -2.33. The predicted octanol–water partition coefficient (Wildman–Crippen LogP) is 2.37. The first-order valence-electron chi connectivity index (χ1n) is 7.43. The van der Waals surface area contributed by atoms with Crippen molar-refractivity contribution in [1.29, 1.82) is 0 Å². The number of carbonyl (C=O) groups excluding carboxylic acids is 1. The van der Waals surface area contributed by atoms with Gasteiger partial charge in [-0.1, -0.05) is 6.07 Å². The van der Waals surface area contributed by atoms with E-state index in [0.717, 1.165) is 17.2 Å². The Morgan fingerprint density at radius 2 is 1.84 bits per heavy atom. The number of methoxy groups -OCH3 is 1. The Bertz CT molecular complexity index is 898. The van der Waals surface area contributed by atoms with Gasteiger partial charge in [0.05, 0.1) is 13.7 Å². The molecule has 1 amide bonds. The van der Waals surface area contributed by atoms with Crippen LogP contribution >= 0.6 is 0 Å². The van der Waals surface area contributed by atoms with Gasteiger partial charge in [0.15, 0.2) is 0 Å². The molecule has 0 aliphatic rings. The van der Waals surface area contributed by atoms with E-state index in [1.54, 1.807) is 13.0 Å². The molecule has 0 unspecified atom stereocenters. The molecule has 0 spiro atoms. The fraction of sp³-hybridized carbons (Fsp3) is 0.235. The van der Waals surface area contributed by atoms with Gasteiger partial charge in [0, 0.05) is 5.69 Å². The van der Waals surface area contributed by atoms with Gasteiger partial charge in [0.1, 0.15) is 16.5 Å². The summed E-state index contributed by atoms with van der Waals surface area (Å²) >= 11 is 0. The van der Waals surface area contributed by atoms with Crippen LogP contribution in [-0.4, -0.2) is 28.0 Å². The van der Waals surface area contributed by atoms with E-state index in [0.29, 0.717) is 0 Å². The third-order valence-corrected chi connectivity index (χ3v) is 5.02. The summed E-state index contributed by atoms with van der Waals surface area (Å²) in [6, 6.07) is 8.43. The van der Waals surface area contributed by atoms with Crippen LogP contribution < -0.4 is 14.8 Å². The Morgan fingerprint density at radius 1 is 1.16 bits per heavy atom. The van der Waals surface area contributed by atoms with Crippen LogP contribution in [-0.2, 0) is 14.8 Å². The van der Waals surface area contributed by atoms with Crippen molar-refractivity contribution >= 4 is 21.6 Å². The van der Waals surface area contributed by atoms with Crippen molar-refractivity contribution in [3.05, 3.63) is 53.3 Å². The molecule has 0 aromatic heterocycles. The molecule has 25 heavy (non-hydrogen) atoms. The quantitative estimate of drug-likeness (QED) is 0.822. The summed E-state index contributed by atoms with van der Waals surface area (Å²) < 4.78 is 45.3. The van der Waals surface area contributed by atoms with E-state index in [1.807, 2.05) is 6.92 Å². The van der Waals surface area contributed by atoms with Crippen LogP contribution in [0.2, 0.25) is 0 Å². The van der Waals surface area contributed by atoms with Crippen LogP contribution in [0.4, 0.5) is 10.1 Å². The number of aryl methyl sites for hydroxylation is 2. The van der Waals surface area contributed by atoms with Gasteiger partial charge in [-0.2, -0.15) is 0 Å². The Kier molecular flexibility index (Phi) is 5.76. The predicted molar refractivity (Wildman–Crippen MR) is 92.7 cm³/mol. The number of hydrogen-bond acceptors (Lipinski definition) is 4. The third kappa shape index (κ3) is 4.77. The second-order valence-electron chi connectivity index (χ2n) is 5.47. The number of anilines is 1. The van der Waals surface area contributed by atoms with Crippen LogP contribution in [0.5, 0.6) is 5.75 Å². The molecule has 2 aromatic rings. The fourth-order valence-corrected chi connectivity index (χ4v) is 3.36. The maximum atomic E-state index is 13.1. The standard InChI is InChI=1S/C17H19FN2O4S/c1-11-7-15(24-3)16(8-12(11)2)25(22,23)19-10-17(21)20-14-6-4-5-13(18)9-14/h4-9,19H,10H2,1-3H3,(H,20,21). The number of sulfonamides is 1. The molecule has 0 aliphatic carbocycles. The van der Waals surface area contributed by atoms with Gasteiger partial charge in [-0.15, -0.1) is 0 Å². The Hall–Kier alpha value is -2.45. The molecule has 0 radical (unpaired) electrons. The molecule has 2 rings (SSSR count). The summed E-state index contributed by atoms with van der Waals surface area (Å²) in [5, 5.41) is 2.42. The number of rotatable bonds is 6. The zero-order chi connectivity index (χ0) is 18.6. The van der Waals surface area contributed by atoms with E-state index < -0.39 is 28.3 Å². The SMILES string of the molecule is COc1cc(C)c(C)cc1S(=O)(=O)NCC(=O)Nc1cccc(F)c1. The van der Waals surface area contributed by atoms with Crippen LogP contribution in [0.1, 0.15) is 11.1 Å². The van der Waals surface area contributed by atoms with Crippen molar-refractivity contribution in [3.63, 3.8) is 0 Å². The minimum Gasteiger partial charge on any atom is -0.495 e. The number of benzene rings is 2. The summed E-state index contributed by atoms with van der Waals surface area (Å²) in [5.74, 6) is -0.920. The maximum Gasteiger partial charge on any atom is 0.244 e. The fourth-order valence-electron chi connectivity index (χ4n) is 2.14. The molecule has 2 N–H and O–H groups in total. The van der Waals surface area contributed by atoms with Gasteiger partial charge < -0.3 is 10.1 Å². The topological polar surface area (TPSA) is 84.5 Å². The van der Waals surface area contributed by atoms with Gasteiger partial charge >= 0.3 is 0 Å². The largest absolute Gasteiger partial charge is 0.495 e.